The van der Waals surface area contributed by atoms with Crippen LogP contribution >= 0.6 is 0 Å². The van der Waals surface area contributed by atoms with Gasteiger partial charge in [0.2, 0.25) is 0 Å². The van der Waals surface area contributed by atoms with E-state index in [0.29, 0.717) is 0 Å². The molecule has 5 atom stereocenters. The zero-order valence-electron chi connectivity index (χ0n) is 17.6. The SMILES string of the molecule is CC(=O)OC[C@H]1O[C@@H](OCCOCC(=O)O)[C@H](OC(C)=O)[C@@H](OC(C)=O)[C@@H]1OC(C)=O. The summed E-state index contributed by atoms with van der Waals surface area (Å²) in [7, 11) is 0. The van der Waals surface area contributed by atoms with Crippen molar-refractivity contribution >= 4 is 29.8 Å². The number of esters is 4. The number of hydrogen-bond acceptors (Lipinski definition) is 12. The fourth-order valence-corrected chi connectivity index (χ4v) is 2.71. The second-order valence-corrected chi connectivity index (χ2v) is 6.38. The fraction of sp³-hybridized carbons (Fsp3) is 0.722. The van der Waals surface area contributed by atoms with E-state index in [-0.39, 0.29) is 19.8 Å². The molecule has 1 aliphatic rings. The van der Waals surface area contributed by atoms with Crippen molar-refractivity contribution in [3.8, 4) is 0 Å². The molecule has 176 valence electrons. The van der Waals surface area contributed by atoms with E-state index in [1.54, 1.807) is 0 Å². The van der Waals surface area contributed by atoms with Gasteiger partial charge in [-0.05, 0) is 0 Å². The van der Waals surface area contributed by atoms with Crippen molar-refractivity contribution in [2.24, 2.45) is 0 Å². The van der Waals surface area contributed by atoms with Crippen LogP contribution in [-0.2, 0) is 57.1 Å². The summed E-state index contributed by atoms with van der Waals surface area (Å²) in [6, 6.07) is 0. The molecule has 1 aliphatic heterocycles. The maximum Gasteiger partial charge on any atom is 0.329 e. The number of carboxylic acid groups (broad SMARTS) is 1. The highest BCUT2D eigenvalue weighted by molar-refractivity contribution is 5.69. The Kier molecular flexibility index (Phi) is 10.9. The van der Waals surface area contributed by atoms with E-state index in [0.717, 1.165) is 27.7 Å². The molecular weight excluding hydrogens is 424 g/mol. The molecule has 0 unspecified atom stereocenters. The van der Waals surface area contributed by atoms with E-state index >= 15 is 0 Å². The lowest BCUT2D eigenvalue weighted by molar-refractivity contribution is -0.309. The van der Waals surface area contributed by atoms with Crippen molar-refractivity contribution in [1.82, 2.24) is 0 Å². The number of carboxylic acids is 1. The van der Waals surface area contributed by atoms with Crippen LogP contribution in [0.4, 0.5) is 0 Å². The van der Waals surface area contributed by atoms with Crippen molar-refractivity contribution in [3.05, 3.63) is 0 Å². The average Bonchev–Trinajstić information content (AvgIpc) is 2.62. The highest BCUT2D eigenvalue weighted by Crippen LogP contribution is 2.29. The molecule has 0 aliphatic carbocycles. The van der Waals surface area contributed by atoms with Gasteiger partial charge in [0.15, 0.2) is 24.6 Å². The summed E-state index contributed by atoms with van der Waals surface area (Å²) in [6.45, 7) is 3.21. The Balaban J connectivity index is 3.11. The number of ether oxygens (including phenoxy) is 7. The number of carbonyl (C=O) groups is 5. The molecule has 0 aromatic rings. The van der Waals surface area contributed by atoms with Crippen molar-refractivity contribution in [2.75, 3.05) is 26.4 Å². The van der Waals surface area contributed by atoms with E-state index in [9.17, 15) is 24.0 Å². The molecule has 1 rings (SSSR count). The number of hydrogen-bond donors (Lipinski definition) is 1. The maximum absolute atomic E-state index is 11.7. The predicted octanol–water partition coefficient (Wildman–Crippen LogP) is -0.813. The Morgan fingerprint density at radius 3 is 1.84 bits per heavy atom. The molecule has 0 amide bonds. The first-order chi connectivity index (χ1) is 14.5. The second kappa shape index (κ2) is 12.8. The topological polar surface area (TPSA) is 170 Å². The molecule has 1 fully saturated rings. The van der Waals surface area contributed by atoms with Gasteiger partial charge in [0.05, 0.1) is 13.2 Å². The summed E-state index contributed by atoms with van der Waals surface area (Å²) in [5.41, 5.74) is 0. The normalized spacial score (nSPS) is 25.2. The lowest BCUT2D eigenvalue weighted by atomic mass is 9.98. The first-order valence-corrected chi connectivity index (χ1v) is 9.22. The molecule has 0 spiro atoms. The largest absolute Gasteiger partial charge is 0.480 e. The molecule has 0 aromatic heterocycles. The molecule has 31 heavy (non-hydrogen) atoms. The van der Waals surface area contributed by atoms with Crippen LogP contribution in [0.15, 0.2) is 0 Å². The van der Waals surface area contributed by atoms with Crippen LogP contribution in [0.3, 0.4) is 0 Å². The van der Waals surface area contributed by atoms with Crippen LogP contribution in [0.1, 0.15) is 27.7 Å². The van der Waals surface area contributed by atoms with Crippen LogP contribution in [0, 0.1) is 0 Å². The van der Waals surface area contributed by atoms with Gasteiger partial charge in [0.1, 0.15) is 19.3 Å². The Bertz CT molecular complexity index is 661. The van der Waals surface area contributed by atoms with Crippen molar-refractivity contribution in [3.63, 3.8) is 0 Å². The summed E-state index contributed by atoms with van der Waals surface area (Å²) < 4.78 is 36.6. The lowest BCUT2D eigenvalue weighted by Gasteiger charge is -2.44. The van der Waals surface area contributed by atoms with Crippen molar-refractivity contribution in [1.29, 1.82) is 0 Å². The van der Waals surface area contributed by atoms with E-state index < -0.39 is 67.2 Å². The van der Waals surface area contributed by atoms with E-state index in [4.69, 9.17) is 38.3 Å². The quantitative estimate of drug-likeness (QED) is 0.236. The van der Waals surface area contributed by atoms with Gasteiger partial charge in [-0.25, -0.2) is 4.79 Å². The van der Waals surface area contributed by atoms with E-state index in [1.165, 1.54) is 0 Å². The minimum Gasteiger partial charge on any atom is -0.480 e. The second-order valence-electron chi connectivity index (χ2n) is 6.38. The fourth-order valence-electron chi connectivity index (χ4n) is 2.71. The third-order valence-corrected chi connectivity index (χ3v) is 3.68. The van der Waals surface area contributed by atoms with E-state index in [2.05, 4.69) is 0 Å². The third kappa shape index (κ3) is 9.72. The number of carbonyl (C=O) groups excluding carboxylic acids is 4. The summed E-state index contributed by atoms with van der Waals surface area (Å²) in [5.74, 6) is -4.10. The highest BCUT2D eigenvalue weighted by atomic mass is 16.7. The van der Waals surface area contributed by atoms with Crippen LogP contribution in [0.5, 0.6) is 0 Å². The molecular formula is C18H26O13. The van der Waals surface area contributed by atoms with Gasteiger partial charge < -0.3 is 38.3 Å². The van der Waals surface area contributed by atoms with Gasteiger partial charge in [0, 0.05) is 27.7 Å². The number of aliphatic carboxylic acids is 1. The Hall–Kier alpha value is -2.77. The highest BCUT2D eigenvalue weighted by Gasteiger charge is 2.52. The molecule has 0 aromatic carbocycles. The van der Waals surface area contributed by atoms with Gasteiger partial charge in [-0.1, -0.05) is 0 Å². The van der Waals surface area contributed by atoms with Crippen LogP contribution in [0.25, 0.3) is 0 Å². The zero-order chi connectivity index (χ0) is 23.6. The average molecular weight is 450 g/mol. The lowest BCUT2D eigenvalue weighted by Crippen LogP contribution is -2.63. The molecule has 0 bridgehead atoms. The van der Waals surface area contributed by atoms with Gasteiger partial charge in [0.25, 0.3) is 0 Å². The molecule has 1 saturated heterocycles. The van der Waals surface area contributed by atoms with E-state index in [1.807, 2.05) is 0 Å². The third-order valence-electron chi connectivity index (χ3n) is 3.68. The molecule has 0 saturated carbocycles. The Labute approximate surface area is 177 Å². The predicted molar refractivity (Wildman–Crippen MR) is 96.4 cm³/mol. The molecule has 1 heterocycles. The minimum atomic E-state index is -1.35. The van der Waals surface area contributed by atoms with Crippen LogP contribution in [-0.4, -0.2) is 92.1 Å². The first-order valence-electron chi connectivity index (χ1n) is 9.22. The van der Waals surface area contributed by atoms with Gasteiger partial charge in [-0.3, -0.25) is 19.2 Å². The number of rotatable bonds is 11. The van der Waals surface area contributed by atoms with Crippen LogP contribution in [0.2, 0.25) is 0 Å². The Morgan fingerprint density at radius 2 is 1.32 bits per heavy atom. The van der Waals surface area contributed by atoms with Crippen molar-refractivity contribution in [2.45, 2.75) is 58.4 Å². The van der Waals surface area contributed by atoms with Gasteiger partial charge in [-0.2, -0.15) is 0 Å². The molecule has 13 heteroatoms. The van der Waals surface area contributed by atoms with Gasteiger partial charge in [-0.15, -0.1) is 0 Å². The Morgan fingerprint density at radius 1 is 0.774 bits per heavy atom. The monoisotopic (exact) mass is 450 g/mol. The van der Waals surface area contributed by atoms with Gasteiger partial charge >= 0.3 is 29.8 Å². The first kappa shape index (κ1) is 26.3. The standard InChI is InChI=1S/C18H26O13/c1-9(19)27-7-13-15(28-10(2)20)16(29-11(3)21)17(30-12(4)22)18(31-13)26-6-5-25-8-14(23)24/h13,15-18H,5-8H2,1-4H3,(H,23,24)/t13-,15-,16+,17-,18-/m1/s1. The summed E-state index contributed by atoms with van der Waals surface area (Å²) >= 11 is 0. The summed E-state index contributed by atoms with van der Waals surface area (Å²) in [4.78, 5) is 56.6. The maximum atomic E-state index is 11.7. The van der Waals surface area contributed by atoms with Crippen molar-refractivity contribution < 1.29 is 62.2 Å². The smallest absolute Gasteiger partial charge is 0.329 e. The minimum absolute atomic E-state index is 0.140. The molecule has 1 N–H and O–H groups in total. The van der Waals surface area contributed by atoms with Crippen LogP contribution < -0.4 is 0 Å². The summed E-state index contributed by atoms with van der Waals surface area (Å²) in [6.07, 6.45) is -6.44. The zero-order valence-corrected chi connectivity index (χ0v) is 17.6. The summed E-state index contributed by atoms with van der Waals surface area (Å²) in [5, 5.41) is 8.58. The molecule has 0 radical (unpaired) electrons. The molecule has 13 nitrogen and oxygen atoms in total.